The highest BCUT2D eigenvalue weighted by Gasteiger charge is 2.17. The molecule has 40 heavy (non-hydrogen) atoms. The summed E-state index contributed by atoms with van der Waals surface area (Å²) in [6.45, 7) is 4.22. The molecule has 2 aliphatic rings. The molecule has 0 spiro atoms. The minimum Gasteiger partial charge on any atom is -0.355 e. The fourth-order valence-corrected chi connectivity index (χ4v) is 7.46. The highest BCUT2D eigenvalue weighted by molar-refractivity contribution is 9.13. The predicted octanol–water partition coefficient (Wildman–Crippen LogP) is 10.9. The third-order valence-corrected chi connectivity index (χ3v) is 10.9. The van der Waals surface area contributed by atoms with Crippen molar-refractivity contribution in [2.24, 2.45) is 0 Å². The maximum Gasteiger partial charge on any atom is 0.0738 e. The lowest BCUT2D eigenvalue weighted by atomic mass is 10.0. The maximum absolute atomic E-state index is 5.24. The zero-order valence-corrected chi connectivity index (χ0v) is 25.8. The number of thiophene rings is 1. The average molecular weight is 665 g/mol. The number of hydrogen-bond acceptors (Lipinski definition) is 3. The topological polar surface area (TPSA) is 41.6 Å². The summed E-state index contributed by atoms with van der Waals surface area (Å²) in [6, 6.07) is 25.8. The lowest BCUT2D eigenvalue weighted by molar-refractivity contribution is 1.28. The molecule has 7 rings (SSSR count). The van der Waals surface area contributed by atoms with Crippen molar-refractivity contribution in [3.05, 3.63) is 116 Å². The largest absolute Gasteiger partial charge is 0.355 e. The number of aryl methyl sites for hydroxylation is 2. The first-order chi connectivity index (χ1) is 19.4. The van der Waals surface area contributed by atoms with Crippen molar-refractivity contribution in [2.45, 2.75) is 13.8 Å². The summed E-state index contributed by atoms with van der Waals surface area (Å²) in [5, 5.41) is 0. The Morgan fingerprint density at radius 3 is 1.82 bits per heavy atom. The molecule has 0 radical (unpaired) electrons. The normalized spacial score (nSPS) is 12.3. The molecule has 0 saturated carbocycles. The van der Waals surface area contributed by atoms with Crippen LogP contribution in [0.15, 0.2) is 81.7 Å². The van der Waals surface area contributed by atoms with Gasteiger partial charge in [-0.25, -0.2) is 9.97 Å². The molecule has 1 N–H and O–H groups in total. The van der Waals surface area contributed by atoms with Crippen molar-refractivity contribution in [1.82, 2.24) is 15.0 Å². The van der Waals surface area contributed by atoms with E-state index in [4.69, 9.17) is 9.97 Å². The van der Waals surface area contributed by atoms with Gasteiger partial charge < -0.3 is 4.98 Å². The summed E-state index contributed by atoms with van der Waals surface area (Å²) in [5.41, 5.74) is 12.4. The van der Waals surface area contributed by atoms with Crippen LogP contribution in [0.25, 0.3) is 67.0 Å². The number of nitrogens with zero attached hydrogens (tertiary/aromatic N) is 2. The number of rotatable bonds is 2. The van der Waals surface area contributed by atoms with Gasteiger partial charge in [0.25, 0.3) is 0 Å². The summed E-state index contributed by atoms with van der Waals surface area (Å²) in [4.78, 5) is 14.0. The van der Waals surface area contributed by atoms with Gasteiger partial charge >= 0.3 is 0 Å². The zero-order chi connectivity index (χ0) is 27.4. The molecule has 8 bridgehead atoms. The predicted molar refractivity (Wildman–Crippen MR) is 178 cm³/mol. The highest BCUT2D eigenvalue weighted by Crippen LogP contribution is 2.40. The van der Waals surface area contributed by atoms with E-state index >= 15 is 0 Å². The lowest BCUT2D eigenvalue weighted by Gasteiger charge is -2.06. The quantitative estimate of drug-likeness (QED) is 0.200. The van der Waals surface area contributed by atoms with Gasteiger partial charge in [0.15, 0.2) is 0 Å². The van der Waals surface area contributed by atoms with E-state index in [0.29, 0.717) is 0 Å². The van der Waals surface area contributed by atoms with Crippen LogP contribution in [0.4, 0.5) is 0 Å². The minimum atomic E-state index is 0.904. The maximum atomic E-state index is 5.24. The number of hydrogen-bond donors (Lipinski definition) is 1. The number of halogens is 2. The Hall–Kier alpha value is -3.58. The number of aromatic amines is 1. The van der Waals surface area contributed by atoms with Crippen LogP contribution in [-0.2, 0) is 0 Å². The Balaban J connectivity index is 1.64. The second kappa shape index (κ2) is 10.1. The monoisotopic (exact) mass is 663 g/mol. The van der Waals surface area contributed by atoms with Gasteiger partial charge in [0.1, 0.15) is 0 Å². The fourth-order valence-electron chi connectivity index (χ4n) is 5.07. The van der Waals surface area contributed by atoms with Crippen molar-refractivity contribution in [1.29, 1.82) is 0 Å². The smallest absolute Gasteiger partial charge is 0.0738 e. The van der Waals surface area contributed by atoms with Gasteiger partial charge in [-0.1, -0.05) is 59.7 Å². The molecule has 5 aromatic rings. The summed E-state index contributed by atoms with van der Waals surface area (Å²) < 4.78 is 4.30. The van der Waals surface area contributed by atoms with Crippen molar-refractivity contribution in [3.8, 4) is 22.3 Å². The Morgan fingerprint density at radius 2 is 1.15 bits per heavy atom. The van der Waals surface area contributed by atoms with Gasteiger partial charge in [-0.3, -0.25) is 0 Å². The van der Waals surface area contributed by atoms with Crippen LogP contribution in [0, 0.1) is 13.8 Å². The van der Waals surface area contributed by atoms with Crippen LogP contribution in [-0.4, -0.2) is 15.0 Å². The van der Waals surface area contributed by atoms with Crippen molar-refractivity contribution in [3.63, 3.8) is 0 Å². The molecular weight excluding hydrogens is 642 g/mol. The standard InChI is InChI=1S/C34H23Br2N3S/c1-19-3-7-21(8-4-19)31-25-13-11-23(37-25)17-29-33(35)34(36)30(40-29)18-24-12-14-26(38-24)32(28-16-15-27(31)39-28)22-9-5-20(2)6-10-22/h3-18,37H,1-2H3. The second-order valence-electron chi connectivity index (χ2n) is 10.0. The summed E-state index contributed by atoms with van der Waals surface area (Å²) >= 11 is 9.32. The van der Waals surface area contributed by atoms with E-state index in [1.807, 2.05) is 0 Å². The van der Waals surface area contributed by atoms with Gasteiger partial charge in [0.2, 0.25) is 0 Å². The molecular formula is C34H23Br2N3S. The summed E-state index contributed by atoms with van der Waals surface area (Å²) in [6.07, 6.45) is 8.41. The summed E-state index contributed by atoms with van der Waals surface area (Å²) in [5.74, 6) is 0. The van der Waals surface area contributed by atoms with Gasteiger partial charge in [-0.05, 0) is 105 Å². The summed E-state index contributed by atoms with van der Waals surface area (Å²) in [7, 11) is 0. The van der Waals surface area contributed by atoms with E-state index in [-0.39, 0.29) is 0 Å². The van der Waals surface area contributed by atoms with E-state index in [9.17, 15) is 0 Å². The Kier molecular flexibility index (Phi) is 6.42. The van der Waals surface area contributed by atoms with Gasteiger partial charge in [0.05, 0.1) is 31.7 Å². The molecule has 0 amide bonds. The van der Waals surface area contributed by atoms with Crippen LogP contribution in [0.2, 0.25) is 0 Å². The zero-order valence-electron chi connectivity index (χ0n) is 21.8. The average Bonchev–Trinajstić information content (AvgIpc) is 3.75. The Morgan fingerprint density at radius 1 is 0.600 bits per heavy atom. The molecule has 2 aliphatic heterocycles. The number of H-pyrrole nitrogens is 1. The molecule has 0 unspecified atom stereocenters. The van der Waals surface area contributed by atoms with Crippen molar-refractivity contribution >= 4 is 87.9 Å². The van der Waals surface area contributed by atoms with Gasteiger partial charge in [-0.15, -0.1) is 11.3 Å². The fraction of sp³-hybridized carbons (Fsp3) is 0.0588. The number of fused-ring (bicyclic) bond motifs is 8. The highest BCUT2D eigenvalue weighted by atomic mass is 79.9. The van der Waals surface area contributed by atoms with Crippen LogP contribution < -0.4 is 0 Å². The number of nitrogens with one attached hydrogen (secondary N) is 1. The molecule has 0 fully saturated rings. The lowest BCUT2D eigenvalue weighted by Crippen LogP contribution is -1.90. The van der Waals surface area contributed by atoms with Gasteiger partial charge in [-0.2, -0.15) is 0 Å². The Labute approximate surface area is 253 Å². The minimum absolute atomic E-state index is 0.904. The number of benzene rings is 2. The molecule has 3 aromatic heterocycles. The van der Waals surface area contributed by atoms with Crippen molar-refractivity contribution in [2.75, 3.05) is 0 Å². The van der Waals surface area contributed by atoms with Crippen LogP contribution in [0.1, 0.15) is 33.9 Å². The third-order valence-electron chi connectivity index (χ3n) is 7.14. The van der Waals surface area contributed by atoms with Gasteiger partial charge in [0, 0.05) is 31.6 Å². The molecule has 3 nitrogen and oxygen atoms in total. The molecule has 0 atom stereocenters. The van der Waals surface area contributed by atoms with Crippen LogP contribution in [0.3, 0.4) is 0 Å². The molecule has 0 aliphatic carbocycles. The van der Waals surface area contributed by atoms with E-state index in [2.05, 4.69) is 148 Å². The number of aromatic nitrogens is 3. The molecule has 2 aromatic carbocycles. The van der Waals surface area contributed by atoms with Crippen LogP contribution in [0.5, 0.6) is 0 Å². The molecule has 194 valence electrons. The van der Waals surface area contributed by atoms with Crippen molar-refractivity contribution < 1.29 is 0 Å². The first-order valence-electron chi connectivity index (χ1n) is 13.0. The van der Waals surface area contributed by atoms with E-state index in [1.54, 1.807) is 11.3 Å². The molecule has 0 saturated heterocycles. The SMILES string of the molecule is Cc1ccc(-c2c3nc(cc4sc(cc5ccc([nH]5)c(-c5ccc(C)cc5)c5nc2C=C5)c(Br)c4Br)C=C3)cc1. The first-order valence-corrected chi connectivity index (χ1v) is 15.4. The van der Waals surface area contributed by atoms with E-state index in [1.165, 1.54) is 11.1 Å². The second-order valence-corrected chi connectivity index (χ2v) is 12.7. The first kappa shape index (κ1) is 25.4. The molecule has 6 heteroatoms. The third kappa shape index (κ3) is 4.60. The molecule has 5 heterocycles. The van der Waals surface area contributed by atoms with Crippen LogP contribution >= 0.6 is 43.2 Å². The Bertz CT molecular complexity index is 2030. The van der Waals surface area contributed by atoms with E-state index in [0.717, 1.165) is 74.4 Å². The van der Waals surface area contributed by atoms with E-state index < -0.39 is 0 Å².